The van der Waals surface area contributed by atoms with E-state index in [4.69, 9.17) is 0 Å². The van der Waals surface area contributed by atoms with Crippen molar-refractivity contribution in [3.05, 3.63) is 29.8 Å². The molecule has 1 aromatic carbocycles. The maximum Gasteiger partial charge on any atom is 0.181 e. The fraction of sp³-hybridized carbons (Fsp3) is 0.500. The lowest BCUT2D eigenvalue weighted by Crippen LogP contribution is -2.06. The molecule has 0 aliphatic heterocycles. The minimum absolute atomic E-state index is 0.109. The van der Waals surface area contributed by atoms with E-state index in [1.54, 1.807) is 12.1 Å². The summed E-state index contributed by atoms with van der Waals surface area (Å²) >= 11 is 0. The average Bonchev–Trinajstić information content (AvgIpc) is 3.01. The molecule has 1 saturated carbocycles. The molecule has 1 aliphatic carbocycles. The third-order valence-electron chi connectivity index (χ3n) is 2.84. The minimum atomic E-state index is -3.01. The maximum atomic E-state index is 11.9. The Labute approximate surface area is 91.2 Å². The summed E-state index contributed by atoms with van der Waals surface area (Å²) in [4.78, 5) is 0.481. The van der Waals surface area contributed by atoms with Gasteiger partial charge in [0, 0.05) is 0 Å². The minimum Gasteiger partial charge on any atom is -0.223 e. The molecular weight excluding hydrogens is 208 g/mol. The number of benzene rings is 1. The lowest BCUT2D eigenvalue weighted by Gasteiger charge is -2.07. The van der Waals surface area contributed by atoms with Gasteiger partial charge in [-0.15, -0.1) is 0 Å². The molecule has 0 radical (unpaired) electrons. The smallest absolute Gasteiger partial charge is 0.181 e. The molecule has 82 valence electrons. The van der Waals surface area contributed by atoms with Gasteiger partial charge in [-0.1, -0.05) is 26.0 Å². The van der Waals surface area contributed by atoms with Gasteiger partial charge in [0.2, 0.25) is 0 Å². The number of sulfone groups is 1. The molecule has 0 spiro atoms. The van der Waals surface area contributed by atoms with E-state index in [0.29, 0.717) is 10.8 Å². The van der Waals surface area contributed by atoms with E-state index in [1.165, 1.54) is 5.56 Å². The topological polar surface area (TPSA) is 34.1 Å². The first-order chi connectivity index (χ1) is 7.01. The Morgan fingerprint density at radius 3 is 2.07 bits per heavy atom. The highest BCUT2D eigenvalue weighted by molar-refractivity contribution is 7.92. The quantitative estimate of drug-likeness (QED) is 0.791. The zero-order chi connectivity index (χ0) is 11.1. The molecule has 0 saturated heterocycles. The molecule has 0 N–H and O–H groups in total. The van der Waals surface area contributed by atoms with Crippen molar-refractivity contribution in [2.24, 2.45) is 0 Å². The Hall–Kier alpha value is -0.830. The molecule has 2 rings (SSSR count). The third-order valence-corrected chi connectivity index (χ3v) is 5.12. The molecular formula is C12H16O2S. The standard InChI is InChI=1S/C12H16O2S/c1-9(2)10-3-5-11(6-4-10)15(13,14)12-7-8-12/h3-6,9,12H,7-8H2,1-2H3. The molecule has 0 bridgehead atoms. The molecule has 0 aromatic heterocycles. The summed E-state index contributed by atoms with van der Waals surface area (Å²) < 4.78 is 23.8. The first-order valence-electron chi connectivity index (χ1n) is 5.35. The van der Waals surface area contributed by atoms with Gasteiger partial charge in [-0.05, 0) is 36.5 Å². The maximum absolute atomic E-state index is 11.9. The Morgan fingerprint density at radius 1 is 1.13 bits per heavy atom. The van der Waals surface area contributed by atoms with Crippen LogP contribution >= 0.6 is 0 Å². The Kier molecular flexibility index (Phi) is 2.59. The lowest BCUT2D eigenvalue weighted by atomic mass is 10.0. The van der Waals surface area contributed by atoms with Crippen molar-refractivity contribution in [3.63, 3.8) is 0 Å². The van der Waals surface area contributed by atoms with Gasteiger partial charge < -0.3 is 0 Å². The molecule has 1 fully saturated rings. The SMILES string of the molecule is CC(C)c1ccc(S(=O)(=O)C2CC2)cc1. The van der Waals surface area contributed by atoms with E-state index < -0.39 is 9.84 Å². The fourth-order valence-corrected chi connectivity index (χ4v) is 3.27. The molecule has 0 unspecified atom stereocenters. The van der Waals surface area contributed by atoms with Gasteiger partial charge in [0.25, 0.3) is 0 Å². The van der Waals surface area contributed by atoms with Crippen LogP contribution in [0.5, 0.6) is 0 Å². The summed E-state index contributed by atoms with van der Waals surface area (Å²) in [7, 11) is -3.01. The summed E-state index contributed by atoms with van der Waals surface area (Å²) in [5.41, 5.74) is 1.18. The van der Waals surface area contributed by atoms with Crippen LogP contribution in [0.1, 0.15) is 38.2 Å². The van der Waals surface area contributed by atoms with E-state index in [1.807, 2.05) is 12.1 Å². The van der Waals surface area contributed by atoms with Gasteiger partial charge >= 0.3 is 0 Å². The van der Waals surface area contributed by atoms with Crippen molar-refractivity contribution in [3.8, 4) is 0 Å². The van der Waals surface area contributed by atoms with Crippen molar-refractivity contribution in [1.82, 2.24) is 0 Å². The van der Waals surface area contributed by atoms with Crippen LogP contribution in [0.2, 0.25) is 0 Å². The Balaban J connectivity index is 2.31. The van der Waals surface area contributed by atoms with Gasteiger partial charge in [0.05, 0.1) is 10.1 Å². The second kappa shape index (κ2) is 3.63. The molecule has 3 heteroatoms. The molecule has 2 nitrogen and oxygen atoms in total. The largest absolute Gasteiger partial charge is 0.223 e. The fourth-order valence-electron chi connectivity index (χ4n) is 1.61. The van der Waals surface area contributed by atoms with Crippen LogP contribution in [0.3, 0.4) is 0 Å². The Bertz CT molecular complexity index is 439. The lowest BCUT2D eigenvalue weighted by molar-refractivity contribution is 0.594. The average molecular weight is 224 g/mol. The van der Waals surface area contributed by atoms with Crippen LogP contribution < -0.4 is 0 Å². The first kappa shape index (κ1) is 10.7. The summed E-state index contributed by atoms with van der Waals surface area (Å²) in [5.74, 6) is 0.447. The third kappa shape index (κ3) is 2.07. The van der Waals surface area contributed by atoms with Crippen LogP contribution in [0.15, 0.2) is 29.2 Å². The second-order valence-electron chi connectivity index (χ2n) is 4.47. The number of rotatable bonds is 3. The van der Waals surface area contributed by atoms with Crippen molar-refractivity contribution in [1.29, 1.82) is 0 Å². The van der Waals surface area contributed by atoms with E-state index in [0.717, 1.165) is 12.8 Å². The van der Waals surface area contributed by atoms with E-state index >= 15 is 0 Å². The van der Waals surface area contributed by atoms with E-state index in [9.17, 15) is 8.42 Å². The van der Waals surface area contributed by atoms with Crippen molar-refractivity contribution in [2.45, 2.75) is 42.8 Å². The highest BCUT2D eigenvalue weighted by atomic mass is 32.2. The van der Waals surface area contributed by atoms with Crippen molar-refractivity contribution < 1.29 is 8.42 Å². The zero-order valence-electron chi connectivity index (χ0n) is 9.10. The molecule has 15 heavy (non-hydrogen) atoms. The van der Waals surface area contributed by atoms with Crippen molar-refractivity contribution >= 4 is 9.84 Å². The predicted molar refractivity (Wildman–Crippen MR) is 60.7 cm³/mol. The molecule has 0 amide bonds. The van der Waals surface area contributed by atoms with Gasteiger partial charge in [0.1, 0.15) is 0 Å². The number of hydrogen-bond donors (Lipinski definition) is 0. The highest BCUT2D eigenvalue weighted by Crippen LogP contribution is 2.33. The van der Waals surface area contributed by atoms with E-state index in [2.05, 4.69) is 13.8 Å². The van der Waals surface area contributed by atoms with Crippen LogP contribution in [0, 0.1) is 0 Å². The normalized spacial score (nSPS) is 17.0. The van der Waals surface area contributed by atoms with Gasteiger partial charge in [0.15, 0.2) is 9.84 Å². The highest BCUT2D eigenvalue weighted by Gasteiger charge is 2.36. The second-order valence-corrected chi connectivity index (χ2v) is 6.70. The summed E-state index contributed by atoms with van der Waals surface area (Å²) in [5, 5.41) is -0.109. The van der Waals surface area contributed by atoms with Crippen LogP contribution in [-0.4, -0.2) is 13.7 Å². The van der Waals surface area contributed by atoms with Crippen molar-refractivity contribution in [2.75, 3.05) is 0 Å². The molecule has 0 atom stereocenters. The van der Waals surface area contributed by atoms with E-state index in [-0.39, 0.29) is 5.25 Å². The van der Waals surface area contributed by atoms with Crippen LogP contribution in [0.4, 0.5) is 0 Å². The summed E-state index contributed by atoms with van der Waals surface area (Å²) in [6.45, 7) is 4.20. The van der Waals surface area contributed by atoms with Crippen LogP contribution in [-0.2, 0) is 9.84 Å². The van der Waals surface area contributed by atoms with Gasteiger partial charge in [-0.25, -0.2) is 8.42 Å². The predicted octanol–water partition coefficient (Wildman–Crippen LogP) is 2.75. The zero-order valence-corrected chi connectivity index (χ0v) is 9.92. The van der Waals surface area contributed by atoms with Crippen LogP contribution in [0.25, 0.3) is 0 Å². The van der Waals surface area contributed by atoms with Gasteiger partial charge in [-0.3, -0.25) is 0 Å². The van der Waals surface area contributed by atoms with Gasteiger partial charge in [-0.2, -0.15) is 0 Å². The summed E-state index contributed by atoms with van der Waals surface area (Å²) in [6.07, 6.45) is 1.66. The molecule has 1 aliphatic rings. The molecule has 1 aromatic rings. The summed E-state index contributed by atoms with van der Waals surface area (Å²) in [6, 6.07) is 7.31. The number of hydrogen-bond acceptors (Lipinski definition) is 2. The first-order valence-corrected chi connectivity index (χ1v) is 6.90. The molecule has 0 heterocycles. The Morgan fingerprint density at radius 2 is 1.67 bits per heavy atom. The monoisotopic (exact) mass is 224 g/mol.